The van der Waals surface area contributed by atoms with Crippen LogP contribution < -0.4 is 10.1 Å². The van der Waals surface area contributed by atoms with Gasteiger partial charge in [0.05, 0.1) is 12.9 Å². The minimum absolute atomic E-state index is 0.0263. The molecule has 0 saturated heterocycles. The van der Waals surface area contributed by atoms with E-state index < -0.39 is 5.97 Å². The van der Waals surface area contributed by atoms with E-state index in [-0.39, 0.29) is 29.6 Å². The summed E-state index contributed by atoms with van der Waals surface area (Å²) in [7, 11) is 1.27. The molecule has 4 rings (SSSR count). The zero-order valence-corrected chi connectivity index (χ0v) is 22.4. The first kappa shape index (κ1) is 27.1. The van der Waals surface area contributed by atoms with Gasteiger partial charge in [0.2, 0.25) is 5.91 Å². The Morgan fingerprint density at radius 1 is 1.16 bits per heavy atom. The summed E-state index contributed by atoms with van der Waals surface area (Å²) >= 11 is 2.40. The number of nitrogens with one attached hydrogen (secondary N) is 1. The maximum absolute atomic E-state index is 13.4. The Kier molecular flexibility index (Phi) is 8.93. The van der Waals surface area contributed by atoms with Crippen LogP contribution in [0.1, 0.15) is 21.7 Å². The maximum atomic E-state index is 13.4. The number of benzene rings is 2. The number of hydrogen-bond donors (Lipinski definition) is 1. The molecule has 0 unspecified atom stereocenters. The molecule has 0 saturated carbocycles. The molecule has 0 spiro atoms. The van der Waals surface area contributed by atoms with Gasteiger partial charge in [0, 0.05) is 17.5 Å². The van der Waals surface area contributed by atoms with Crippen molar-refractivity contribution in [3.05, 3.63) is 89.3 Å². The lowest BCUT2D eigenvalue weighted by atomic mass is 10.0. The molecule has 0 aliphatic carbocycles. The van der Waals surface area contributed by atoms with Gasteiger partial charge >= 0.3 is 5.97 Å². The standard InChI is InChI=1S/C27H25FN4O4S2/c1-4-13-32-22(14-36-20-11-5-17(2)6-12-20)30-31-27(32)38-16-23(33)29-25-24(26(34)35-3)21(15-37-25)18-7-9-19(28)10-8-18/h4-12,15H,1,13-14,16H2,2-3H3,(H,29,33). The van der Waals surface area contributed by atoms with Crippen LogP contribution in [0.5, 0.6) is 5.75 Å². The molecule has 0 fully saturated rings. The second-order valence-corrected chi connectivity index (χ2v) is 9.91. The Morgan fingerprint density at radius 3 is 2.58 bits per heavy atom. The van der Waals surface area contributed by atoms with Crippen LogP contribution in [0, 0.1) is 12.7 Å². The third-order valence-electron chi connectivity index (χ3n) is 5.42. The monoisotopic (exact) mass is 552 g/mol. The molecule has 0 aliphatic rings. The third-order valence-corrected chi connectivity index (χ3v) is 7.28. The number of halogens is 1. The van der Waals surface area contributed by atoms with E-state index in [1.54, 1.807) is 23.6 Å². The van der Waals surface area contributed by atoms with Gasteiger partial charge in [0.1, 0.15) is 28.7 Å². The number of allylic oxidation sites excluding steroid dienone is 1. The summed E-state index contributed by atoms with van der Waals surface area (Å²) in [5, 5.41) is 13.8. The van der Waals surface area contributed by atoms with E-state index in [1.165, 1.54) is 42.3 Å². The SMILES string of the molecule is C=CCn1c(COc2ccc(C)cc2)nnc1SCC(=O)Nc1scc(-c2ccc(F)cc2)c1C(=O)OC. The van der Waals surface area contributed by atoms with E-state index in [0.29, 0.717) is 33.7 Å². The highest BCUT2D eigenvalue weighted by atomic mass is 32.2. The molecule has 0 aliphatic heterocycles. The molecule has 8 nitrogen and oxygen atoms in total. The van der Waals surface area contributed by atoms with Crippen LogP contribution in [0.4, 0.5) is 9.39 Å². The Balaban J connectivity index is 1.44. The second-order valence-electron chi connectivity index (χ2n) is 8.09. The van der Waals surface area contributed by atoms with Crippen molar-refractivity contribution in [3.63, 3.8) is 0 Å². The molecule has 2 aromatic heterocycles. The lowest BCUT2D eigenvalue weighted by Gasteiger charge is -2.10. The molecule has 4 aromatic rings. The number of nitrogens with zero attached hydrogens (tertiary/aromatic N) is 3. The third kappa shape index (κ3) is 6.48. The number of aromatic nitrogens is 3. The van der Waals surface area contributed by atoms with Crippen molar-refractivity contribution < 1.29 is 23.5 Å². The number of carbonyl (C=O) groups excluding carboxylic acids is 2. The minimum Gasteiger partial charge on any atom is -0.486 e. The van der Waals surface area contributed by atoms with Gasteiger partial charge < -0.3 is 14.8 Å². The van der Waals surface area contributed by atoms with Crippen LogP contribution in [0.15, 0.2) is 71.7 Å². The van der Waals surface area contributed by atoms with Crippen LogP contribution in [0.25, 0.3) is 11.1 Å². The van der Waals surface area contributed by atoms with Gasteiger partial charge in [-0.05, 0) is 36.8 Å². The van der Waals surface area contributed by atoms with Crippen molar-refractivity contribution in [2.24, 2.45) is 0 Å². The molecule has 38 heavy (non-hydrogen) atoms. The van der Waals surface area contributed by atoms with Crippen molar-refractivity contribution >= 4 is 40.0 Å². The summed E-state index contributed by atoms with van der Waals surface area (Å²) < 4.78 is 26.0. The fourth-order valence-corrected chi connectivity index (χ4v) is 5.26. The van der Waals surface area contributed by atoms with E-state index in [9.17, 15) is 14.0 Å². The Hall–Kier alpha value is -3.96. The average Bonchev–Trinajstić information content (AvgIpc) is 3.51. The molecule has 0 atom stereocenters. The van der Waals surface area contributed by atoms with E-state index >= 15 is 0 Å². The molecule has 196 valence electrons. The molecule has 1 N–H and O–H groups in total. The number of aryl methyl sites for hydroxylation is 1. The second kappa shape index (κ2) is 12.5. The molecule has 2 heterocycles. The predicted octanol–water partition coefficient (Wildman–Crippen LogP) is 5.74. The van der Waals surface area contributed by atoms with E-state index in [4.69, 9.17) is 9.47 Å². The number of thioether (sulfide) groups is 1. The van der Waals surface area contributed by atoms with E-state index in [2.05, 4.69) is 22.1 Å². The smallest absolute Gasteiger partial charge is 0.341 e. The fourth-order valence-electron chi connectivity index (χ4n) is 3.52. The molecular formula is C27H25FN4O4S2. The lowest BCUT2D eigenvalue weighted by molar-refractivity contribution is -0.113. The number of hydrogen-bond acceptors (Lipinski definition) is 8. The first-order chi connectivity index (χ1) is 18.4. The molecular weight excluding hydrogens is 527 g/mol. The van der Waals surface area contributed by atoms with Crippen molar-refractivity contribution in [1.29, 1.82) is 0 Å². The molecule has 0 bridgehead atoms. The highest BCUT2D eigenvalue weighted by Gasteiger charge is 2.23. The van der Waals surface area contributed by atoms with Gasteiger partial charge in [-0.25, -0.2) is 9.18 Å². The van der Waals surface area contributed by atoms with Crippen molar-refractivity contribution in [2.45, 2.75) is 25.2 Å². The number of ether oxygens (including phenoxy) is 2. The number of amides is 1. The van der Waals surface area contributed by atoms with Crippen LogP contribution in [-0.4, -0.2) is 39.5 Å². The normalized spacial score (nSPS) is 10.7. The topological polar surface area (TPSA) is 95.3 Å². The molecule has 2 aromatic carbocycles. The summed E-state index contributed by atoms with van der Waals surface area (Å²) in [6.45, 7) is 6.45. The molecule has 1 amide bonds. The van der Waals surface area contributed by atoms with Gasteiger partial charge in [0.15, 0.2) is 11.0 Å². The van der Waals surface area contributed by atoms with Gasteiger partial charge in [0.25, 0.3) is 0 Å². The Bertz CT molecular complexity index is 1430. The van der Waals surface area contributed by atoms with Crippen molar-refractivity contribution in [3.8, 4) is 16.9 Å². The summed E-state index contributed by atoms with van der Waals surface area (Å²) in [6, 6.07) is 13.5. The summed E-state index contributed by atoms with van der Waals surface area (Å²) in [4.78, 5) is 25.4. The average molecular weight is 553 g/mol. The number of thiophene rings is 1. The summed E-state index contributed by atoms with van der Waals surface area (Å²) in [5.74, 6) is 0.0238. The largest absolute Gasteiger partial charge is 0.486 e. The zero-order valence-electron chi connectivity index (χ0n) is 20.8. The number of methoxy groups -OCH3 is 1. The highest BCUT2D eigenvalue weighted by Crippen LogP contribution is 2.36. The van der Waals surface area contributed by atoms with Gasteiger partial charge in [-0.15, -0.1) is 28.1 Å². The van der Waals surface area contributed by atoms with Crippen molar-refractivity contribution in [1.82, 2.24) is 14.8 Å². The number of anilines is 1. The maximum Gasteiger partial charge on any atom is 0.341 e. The predicted molar refractivity (Wildman–Crippen MR) is 146 cm³/mol. The van der Waals surface area contributed by atoms with Crippen molar-refractivity contribution in [2.75, 3.05) is 18.2 Å². The van der Waals surface area contributed by atoms with Gasteiger partial charge in [-0.1, -0.05) is 47.7 Å². The van der Waals surface area contributed by atoms with Crippen LogP contribution in [0.3, 0.4) is 0 Å². The van der Waals surface area contributed by atoms with Crippen LogP contribution in [-0.2, 0) is 22.7 Å². The Labute approximate surface area is 227 Å². The van der Waals surface area contributed by atoms with Gasteiger partial charge in [-0.2, -0.15) is 0 Å². The summed E-state index contributed by atoms with van der Waals surface area (Å²) in [5.41, 5.74) is 2.54. The number of esters is 1. The first-order valence-electron chi connectivity index (χ1n) is 11.5. The van der Waals surface area contributed by atoms with Gasteiger partial charge in [-0.3, -0.25) is 9.36 Å². The zero-order chi connectivity index (χ0) is 27.1. The molecule has 0 radical (unpaired) electrons. The fraction of sp³-hybridized carbons (Fsp3) is 0.185. The lowest BCUT2D eigenvalue weighted by Crippen LogP contribution is -2.16. The van der Waals surface area contributed by atoms with Crippen LogP contribution in [0.2, 0.25) is 0 Å². The highest BCUT2D eigenvalue weighted by molar-refractivity contribution is 7.99. The van der Waals surface area contributed by atoms with Crippen LogP contribution >= 0.6 is 23.1 Å². The number of carbonyl (C=O) groups is 2. The molecule has 11 heteroatoms. The Morgan fingerprint density at radius 2 is 1.89 bits per heavy atom. The quantitative estimate of drug-likeness (QED) is 0.144. The van der Waals surface area contributed by atoms with E-state index in [1.807, 2.05) is 35.8 Å². The number of rotatable bonds is 11. The first-order valence-corrected chi connectivity index (χ1v) is 13.4. The summed E-state index contributed by atoms with van der Waals surface area (Å²) in [6.07, 6.45) is 1.72. The van der Waals surface area contributed by atoms with E-state index in [0.717, 1.165) is 11.3 Å². The minimum atomic E-state index is -0.600.